The van der Waals surface area contributed by atoms with E-state index >= 15 is 0 Å². The molecule has 0 bridgehead atoms. The van der Waals surface area contributed by atoms with E-state index in [1.165, 1.54) is 31.4 Å². The third-order valence-electron chi connectivity index (χ3n) is 2.50. The fraction of sp³-hybridized carbons (Fsp3) is 0.667. The molecule has 0 aromatic rings. The smallest absolute Gasteiger partial charge is 0.317 e. The van der Waals surface area contributed by atoms with Gasteiger partial charge in [0.25, 0.3) is 0 Å². The summed E-state index contributed by atoms with van der Waals surface area (Å²) < 4.78 is 0. The molecule has 0 aliphatic carbocycles. The Balaban J connectivity index is 3.99. The van der Waals surface area contributed by atoms with Crippen molar-refractivity contribution in [2.24, 2.45) is 0 Å². The van der Waals surface area contributed by atoms with Crippen molar-refractivity contribution in [2.45, 2.75) is 0 Å². The van der Waals surface area contributed by atoms with Crippen LogP contribution >= 0.6 is 21.6 Å². The fourth-order valence-corrected chi connectivity index (χ4v) is 3.70. The Morgan fingerprint density at radius 2 is 0.833 bits per heavy atom. The Bertz CT molecular complexity index is 377. The summed E-state index contributed by atoms with van der Waals surface area (Å²) in [5.74, 6) is -3.44. The van der Waals surface area contributed by atoms with E-state index in [0.717, 1.165) is 0 Å². The van der Waals surface area contributed by atoms with E-state index in [-0.39, 0.29) is 39.3 Å². The number of carbonyl (C=O) groups is 4. The highest BCUT2D eigenvalue weighted by Gasteiger charge is 2.14. The largest absolute Gasteiger partial charge is 0.480 e. The van der Waals surface area contributed by atoms with Crippen LogP contribution in [0.1, 0.15) is 0 Å². The first-order valence-corrected chi connectivity index (χ1v) is 9.25. The molecule has 0 aliphatic heterocycles. The lowest BCUT2D eigenvalue weighted by Gasteiger charge is -2.18. The van der Waals surface area contributed by atoms with Gasteiger partial charge in [-0.25, -0.2) is 0 Å². The Morgan fingerprint density at radius 3 is 1.04 bits per heavy atom. The Kier molecular flexibility index (Phi) is 12.1. The summed E-state index contributed by atoms with van der Waals surface area (Å²) in [4.78, 5) is 45.1. The standard InChI is InChI=1S/C12H20N2O8S2/c15-9(16)5-13(6-10(17)18)1-3-23-24-4-2-14(7-11(19)20)8-12(21)22/h1-8H2,(H,15,16)(H,17,18)(H,19,20)(H,21,22). The van der Waals surface area contributed by atoms with Crippen molar-refractivity contribution in [3.63, 3.8) is 0 Å². The molecule has 0 unspecified atom stereocenters. The van der Waals surface area contributed by atoms with E-state index in [1.54, 1.807) is 0 Å². The normalized spacial score (nSPS) is 10.9. The minimum Gasteiger partial charge on any atom is -0.480 e. The highest BCUT2D eigenvalue weighted by Crippen LogP contribution is 2.20. The van der Waals surface area contributed by atoms with Gasteiger partial charge in [0, 0.05) is 24.6 Å². The molecule has 0 fully saturated rings. The van der Waals surface area contributed by atoms with Crippen LogP contribution in [0.5, 0.6) is 0 Å². The van der Waals surface area contributed by atoms with E-state index in [2.05, 4.69) is 0 Å². The van der Waals surface area contributed by atoms with Gasteiger partial charge in [-0.15, -0.1) is 0 Å². The van der Waals surface area contributed by atoms with Gasteiger partial charge in [-0.1, -0.05) is 21.6 Å². The van der Waals surface area contributed by atoms with E-state index in [0.29, 0.717) is 11.5 Å². The zero-order chi connectivity index (χ0) is 18.5. The third-order valence-corrected chi connectivity index (χ3v) is 4.87. The summed E-state index contributed by atoms with van der Waals surface area (Å²) >= 11 is 0. The number of carboxylic acids is 4. The van der Waals surface area contributed by atoms with Crippen LogP contribution in [-0.2, 0) is 19.2 Å². The van der Waals surface area contributed by atoms with Crippen LogP contribution in [0.15, 0.2) is 0 Å². The van der Waals surface area contributed by atoms with E-state index in [9.17, 15) is 19.2 Å². The molecule has 12 heteroatoms. The van der Waals surface area contributed by atoms with Gasteiger partial charge in [-0.2, -0.15) is 0 Å². The lowest BCUT2D eigenvalue weighted by molar-refractivity contribution is -0.143. The van der Waals surface area contributed by atoms with Gasteiger partial charge in [0.05, 0.1) is 26.2 Å². The van der Waals surface area contributed by atoms with E-state index in [1.807, 2.05) is 0 Å². The Morgan fingerprint density at radius 1 is 0.583 bits per heavy atom. The molecular formula is C12H20N2O8S2. The predicted octanol–water partition coefficient (Wildman–Crippen LogP) is -0.690. The molecule has 138 valence electrons. The highest BCUT2D eigenvalue weighted by molar-refractivity contribution is 8.76. The SMILES string of the molecule is O=C(O)CN(CCSSCCN(CC(=O)O)CC(=O)O)CC(=O)O. The van der Waals surface area contributed by atoms with Gasteiger partial charge >= 0.3 is 23.9 Å². The average molecular weight is 384 g/mol. The van der Waals surface area contributed by atoms with Crippen molar-refractivity contribution in [3.8, 4) is 0 Å². The fourth-order valence-electron chi connectivity index (χ4n) is 1.64. The second-order valence-corrected chi connectivity index (χ2v) is 7.34. The number of nitrogens with zero attached hydrogens (tertiary/aromatic N) is 2. The molecule has 0 saturated heterocycles. The zero-order valence-electron chi connectivity index (χ0n) is 12.8. The zero-order valence-corrected chi connectivity index (χ0v) is 14.4. The summed E-state index contributed by atoms with van der Waals surface area (Å²) in [6.07, 6.45) is 0. The van der Waals surface area contributed by atoms with Crippen LogP contribution in [0.2, 0.25) is 0 Å². The molecule has 0 spiro atoms. The monoisotopic (exact) mass is 384 g/mol. The second kappa shape index (κ2) is 12.9. The minimum atomic E-state index is -1.10. The van der Waals surface area contributed by atoms with Gasteiger partial charge in [0.15, 0.2) is 0 Å². The molecule has 0 amide bonds. The van der Waals surface area contributed by atoms with Crippen molar-refractivity contribution >= 4 is 45.5 Å². The van der Waals surface area contributed by atoms with E-state index in [4.69, 9.17) is 20.4 Å². The van der Waals surface area contributed by atoms with Crippen LogP contribution in [0.3, 0.4) is 0 Å². The number of aliphatic carboxylic acids is 4. The third kappa shape index (κ3) is 14.1. The first-order valence-electron chi connectivity index (χ1n) is 6.77. The lowest BCUT2D eigenvalue weighted by Crippen LogP contribution is -2.36. The number of hydrogen-bond donors (Lipinski definition) is 4. The van der Waals surface area contributed by atoms with Crippen molar-refractivity contribution in [1.29, 1.82) is 0 Å². The summed E-state index contributed by atoms with van der Waals surface area (Å²) in [5, 5.41) is 34.8. The molecule has 0 rings (SSSR count). The van der Waals surface area contributed by atoms with Gasteiger partial charge in [0.2, 0.25) is 0 Å². The molecule has 0 saturated carbocycles. The molecule has 0 atom stereocenters. The molecular weight excluding hydrogens is 364 g/mol. The molecule has 0 aromatic carbocycles. The molecule has 0 aromatic heterocycles. The van der Waals surface area contributed by atoms with Gasteiger partial charge < -0.3 is 20.4 Å². The topological polar surface area (TPSA) is 156 Å². The number of carboxylic acid groups (broad SMARTS) is 4. The summed E-state index contributed by atoms with van der Waals surface area (Å²) in [6, 6.07) is 0. The van der Waals surface area contributed by atoms with Crippen molar-refractivity contribution in [1.82, 2.24) is 9.80 Å². The maximum absolute atomic E-state index is 10.6. The predicted molar refractivity (Wildman–Crippen MR) is 88.3 cm³/mol. The van der Waals surface area contributed by atoms with E-state index < -0.39 is 23.9 Å². The molecule has 24 heavy (non-hydrogen) atoms. The molecule has 0 radical (unpaired) electrons. The molecule has 10 nitrogen and oxygen atoms in total. The van der Waals surface area contributed by atoms with Crippen LogP contribution in [0.4, 0.5) is 0 Å². The second-order valence-electron chi connectivity index (χ2n) is 4.64. The number of rotatable bonds is 15. The van der Waals surface area contributed by atoms with Gasteiger partial charge in [-0.05, 0) is 0 Å². The van der Waals surface area contributed by atoms with Gasteiger partial charge in [-0.3, -0.25) is 29.0 Å². The quantitative estimate of drug-likeness (QED) is 0.208. The summed E-state index contributed by atoms with van der Waals surface area (Å²) in [5.41, 5.74) is 0. The summed E-state index contributed by atoms with van der Waals surface area (Å²) in [7, 11) is 2.77. The minimum absolute atomic E-state index is 0.282. The Labute approximate surface area is 146 Å². The van der Waals surface area contributed by atoms with Crippen LogP contribution < -0.4 is 0 Å². The number of hydrogen-bond acceptors (Lipinski definition) is 8. The summed E-state index contributed by atoms with van der Waals surface area (Å²) in [6.45, 7) is -0.870. The van der Waals surface area contributed by atoms with Crippen LogP contribution in [0, 0.1) is 0 Å². The van der Waals surface area contributed by atoms with Gasteiger partial charge in [0.1, 0.15) is 0 Å². The molecule has 0 aliphatic rings. The molecule has 4 N–H and O–H groups in total. The van der Waals surface area contributed by atoms with Crippen molar-refractivity contribution in [2.75, 3.05) is 50.8 Å². The highest BCUT2D eigenvalue weighted by atomic mass is 33.1. The van der Waals surface area contributed by atoms with Crippen molar-refractivity contribution < 1.29 is 39.6 Å². The first kappa shape index (κ1) is 22.5. The van der Waals surface area contributed by atoms with Crippen molar-refractivity contribution in [3.05, 3.63) is 0 Å². The van der Waals surface area contributed by atoms with Crippen LogP contribution in [0.25, 0.3) is 0 Å². The van der Waals surface area contributed by atoms with Crippen LogP contribution in [-0.4, -0.2) is 105 Å². The average Bonchev–Trinajstić information content (AvgIpc) is 2.39. The maximum Gasteiger partial charge on any atom is 0.317 e. The Hall–Kier alpha value is -1.50. The maximum atomic E-state index is 10.6. The molecule has 0 heterocycles. The lowest BCUT2D eigenvalue weighted by atomic mass is 10.4. The first-order chi connectivity index (χ1) is 11.2.